The van der Waals surface area contributed by atoms with Crippen LogP contribution in [-0.2, 0) is 11.2 Å². The van der Waals surface area contributed by atoms with E-state index in [4.69, 9.17) is 11.6 Å². The minimum Gasteiger partial charge on any atom is -0.481 e. The van der Waals surface area contributed by atoms with E-state index in [0.717, 1.165) is 45.1 Å². The van der Waals surface area contributed by atoms with E-state index in [1.165, 1.54) is 38.5 Å². The summed E-state index contributed by atoms with van der Waals surface area (Å²) in [6, 6.07) is 13.7. The quantitative estimate of drug-likeness (QED) is 0.269. The highest BCUT2D eigenvalue weighted by Gasteiger charge is 2.17. The van der Waals surface area contributed by atoms with Crippen molar-refractivity contribution >= 4 is 40.4 Å². The van der Waals surface area contributed by atoms with Gasteiger partial charge in [0.2, 0.25) is 0 Å². The Bertz CT molecular complexity index is 1030. The Hall–Kier alpha value is -1.95. The van der Waals surface area contributed by atoms with Gasteiger partial charge in [-0.15, -0.1) is 0 Å². The molecule has 0 amide bonds. The summed E-state index contributed by atoms with van der Waals surface area (Å²) in [5.74, 6) is 0.00697. The largest absolute Gasteiger partial charge is 0.481 e. The molecule has 0 aliphatic heterocycles. The van der Waals surface area contributed by atoms with E-state index in [-0.39, 0.29) is 6.42 Å². The van der Waals surface area contributed by atoms with Crippen LogP contribution in [0.15, 0.2) is 47.4 Å². The van der Waals surface area contributed by atoms with Crippen molar-refractivity contribution < 1.29 is 9.90 Å². The molecule has 3 N–H and O–H groups in total. The molecule has 30 heavy (non-hydrogen) atoms. The summed E-state index contributed by atoms with van der Waals surface area (Å²) in [5.41, 5.74) is 3.54. The molecule has 1 aliphatic rings. The molecular formula is C24H27ClN2O2S. The van der Waals surface area contributed by atoms with Crippen LogP contribution in [0.25, 0.3) is 22.2 Å². The monoisotopic (exact) mass is 442 g/mol. The van der Waals surface area contributed by atoms with Gasteiger partial charge >= 0.3 is 5.97 Å². The first kappa shape index (κ1) is 21.3. The van der Waals surface area contributed by atoms with Gasteiger partial charge in [0.15, 0.2) is 0 Å². The van der Waals surface area contributed by atoms with E-state index in [1.54, 1.807) is 11.9 Å². The molecule has 0 bridgehead atoms. The van der Waals surface area contributed by atoms with E-state index in [9.17, 15) is 9.90 Å². The second-order valence-corrected chi connectivity index (χ2v) is 9.37. The minimum atomic E-state index is -0.839. The maximum atomic E-state index is 11.5. The van der Waals surface area contributed by atoms with Crippen LogP contribution >= 0.6 is 23.5 Å². The molecule has 1 saturated carbocycles. The summed E-state index contributed by atoms with van der Waals surface area (Å²) < 4.78 is 3.47. The Kier molecular flexibility index (Phi) is 7.03. The van der Waals surface area contributed by atoms with Gasteiger partial charge in [-0.3, -0.25) is 9.52 Å². The maximum absolute atomic E-state index is 11.5. The van der Waals surface area contributed by atoms with Crippen LogP contribution in [0.5, 0.6) is 0 Å². The van der Waals surface area contributed by atoms with Crippen LogP contribution in [0.2, 0.25) is 5.02 Å². The third-order valence-electron chi connectivity index (χ3n) is 5.92. The number of carboxylic acids is 1. The molecule has 4 nitrogen and oxygen atoms in total. The number of aromatic amines is 1. The second-order valence-electron chi connectivity index (χ2n) is 8.03. The van der Waals surface area contributed by atoms with Crippen LogP contribution in [0.1, 0.15) is 44.1 Å². The van der Waals surface area contributed by atoms with Crippen LogP contribution in [0.4, 0.5) is 0 Å². The molecule has 0 unspecified atom stereocenters. The lowest BCUT2D eigenvalue weighted by Gasteiger charge is -2.21. The number of carboxylic acid groups (broad SMARTS) is 1. The SMILES string of the molecule is O=C(O)Cc1c(-c2ccc(Cl)c(SNCCC3CCCCC3)c2)[nH]c2ccccc12. The summed E-state index contributed by atoms with van der Waals surface area (Å²) >= 11 is 8.01. The first-order valence-electron chi connectivity index (χ1n) is 10.6. The van der Waals surface area contributed by atoms with Crippen LogP contribution in [-0.4, -0.2) is 22.6 Å². The Morgan fingerprint density at radius 2 is 1.97 bits per heavy atom. The van der Waals surface area contributed by atoms with E-state index in [0.29, 0.717) is 5.02 Å². The fourth-order valence-corrected chi connectivity index (χ4v) is 5.35. The molecule has 158 valence electrons. The van der Waals surface area contributed by atoms with Crippen molar-refractivity contribution in [2.24, 2.45) is 5.92 Å². The van der Waals surface area contributed by atoms with Crippen molar-refractivity contribution in [1.29, 1.82) is 0 Å². The molecular weight excluding hydrogens is 416 g/mol. The van der Waals surface area contributed by atoms with Gasteiger partial charge in [0.05, 0.1) is 17.1 Å². The predicted octanol–water partition coefficient (Wildman–Crippen LogP) is 6.68. The van der Waals surface area contributed by atoms with Gasteiger partial charge in [0.1, 0.15) is 0 Å². The Labute approximate surface area is 186 Å². The minimum absolute atomic E-state index is 0.0237. The number of rotatable bonds is 8. The highest BCUT2D eigenvalue weighted by atomic mass is 35.5. The third-order valence-corrected chi connectivity index (χ3v) is 7.27. The highest BCUT2D eigenvalue weighted by Crippen LogP contribution is 2.35. The fraction of sp³-hybridized carbons (Fsp3) is 0.375. The smallest absolute Gasteiger partial charge is 0.307 e. The van der Waals surface area contributed by atoms with Crippen molar-refractivity contribution in [2.45, 2.75) is 49.8 Å². The van der Waals surface area contributed by atoms with E-state index in [1.807, 2.05) is 42.5 Å². The number of aromatic nitrogens is 1. The molecule has 3 aromatic rings. The Balaban J connectivity index is 1.52. The Morgan fingerprint density at radius 3 is 2.77 bits per heavy atom. The maximum Gasteiger partial charge on any atom is 0.307 e. The normalized spacial score (nSPS) is 15.0. The Morgan fingerprint density at radius 1 is 1.17 bits per heavy atom. The molecule has 1 fully saturated rings. The fourth-order valence-electron chi connectivity index (χ4n) is 4.39. The average molecular weight is 443 g/mol. The molecule has 6 heteroatoms. The van der Waals surface area contributed by atoms with Crippen molar-refractivity contribution in [1.82, 2.24) is 9.71 Å². The molecule has 0 radical (unpaired) electrons. The lowest BCUT2D eigenvalue weighted by atomic mass is 9.87. The van der Waals surface area contributed by atoms with Crippen LogP contribution in [0, 0.1) is 5.92 Å². The number of carbonyl (C=O) groups is 1. The number of hydrogen-bond donors (Lipinski definition) is 3. The molecule has 4 rings (SSSR count). The lowest BCUT2D eigenvalue weighted by molar-refractivity contribution is -0.136. The number of fused-ring (bicyclic) bond motifs is 1. The molecule has 1 aliphatic carbocycles. The summed E-state index contributed by atoms with van der Waals surface area (Å²) in [5, 5.41) is 11.1. The summed E-state index contributed by atoms with van der Waals surface area (Å²) in [7, 11) is 0. The summed E-state index contributed by atoms with van der Waals surface area (Å²) in [4.78, 5) is 15.8. The van der Waals surface area contributed by atoms with Crippen molar-refractivity contribution in [3.05, 3.63) is 53.1 Å². The first-order valence-corrected chi connectivity index (χ1v) is 11.8. The topological polar surface area (TPSA) is 65.1 Å². The molecule has 1 aromatic heterocycles. The number of nitrogens with one attached hydrogen (secondary N) is 2. The predicted molar refractivity (Wildman–Crippen MR) is 125 cm³/mol. The zero-order valence-electron chi connectivity index (χ0n) is 16.9. The average Bonchev–Trinajstić information content (AvgIpc) is 3.11. The van der Waals surface area contributed by atoms with Crippen LogP contribution in [0.3, 0.4) is 0 Å². The van der Waals surface area contributed by atoms with Gasteiger partial charge in [-0.25, -0.2) is 0 Å². The standard InChI is InChI=1S/C24H27ClN2O2S/c25-20-11-10-17(14-22(20)30-26-13-12-16-6-2-1-3-7-16)24-19(15-23(28)29)18-8-4-5-9-21(18)27-24/h4-5,8-11,14,16,26-27H,1-3,6-7,12-13,15H2,(H,28,29). The lowest BCUT2D eigenvalue weighted by Crippen LogP contribution is -2.14. The van der Waals surface area contributed by atoms with E-state index < -0.39 is 5.97 Å². The molecule has 1 heterocycles. The number of aliphatic carboxylic acids is 1. The summed E-state index contributed by atoms with van der Waals surface area (Å²) in [6.07, 6.45) is 8.02. The zero-order chi connectivity index (χ0) is 20.9. The molecule has 0 saturated heterocycles. The third kappa shape index (κ3) is 5.02. The molecule has 0 spiro atoms. The number of benzene rings is 2. The van der Waals surface area contributed by atoms with Gasteiger partial charge in [-0.2, -0.15) is 0 Å². The first-order chi connectivity index (χ1) is 14.6. The van der Waals surface area contributed by atoms with Gasteiger partial charge in [-0.1, -0.05) is 68.0 Å². The van der Waals surface area contributed by atoms with Crippen LogP contribution < -0.4 is 4.72 Å². The van der Waals surface area contributed by atoms with Crippen molar-refractivity contribution in [3.63, 3.8) is 0 Å². The summed E-state index contributed by atoms with van der Waals surface area (Å²) in [6.45, 7) is 0.965. The number of para-hydroxylation sites is 1. The number of halogens is 1. The van der Waals surface area contributed by atoms with E-state index >= 15 is 0 Å². The van der Waals surface area contributed by atoms with E-state index in [2.05, 4.69) is 9.71 Å². The highest BCUT2D eigenvalue weighted by molar-refractivity contribution is 7.97. The molecule has 0 atom stereocenters. The van der Waals surface area contributed by atoms with Crippen molar-refractivity contribution in [3.8, 4) is 11.3 Å². The molecule has 2 aromatic carbocycles. The van der Waals surface area contributed by atoms with Gasteiger partial charge < -0.3 is 10.1 Å². The zero-order valence-corrected chi connectivity index (χ0v) is 18.5. The van der Waals surface area contributed by atoms with Gasteiger partial charge in [-0.05, 0) is 53.6 Å². The van der Waals surface area contributed by atoms with Gasteiger partial charge in [0.25, 0.3) is 0 Å². The van der Waals surface area contributed by atoms with Gasteiger partial charge in [0, 0.05) is 22.3 Å². The van der Waals surface area contributed by atoms with Crippen molar-refractivity contribution in [2.75, 3.05) is 6.54 Å². The second kappa shape index (κ2) is 9.90. The number of H-pyrrole nitrogens is 1. The number of hydrogen-bond acceptors (Lipinski definition) is 3.